The zero-order valence-corrected chi connectivity index (χ0v) is 11.1. The summed E-state index contributed by atoms with van der Waals surface area (Å²) in [6.07, 6.45) is 2.32. The molecule has 0 saturated carbocycles. The highest BCUT2D eigenvalue weighted by atomic mass is 32.1. The number of aryl methyl sites for hydroxylation is 1. The lowest BCUT2D eigenvalue weighted by Gasteiger charge is -2.19. The summed E-state index contributed by atoms with van der Waals surface area (Å²) in [6, 6.07) is 3.96. The summed E-state index contributed by atoms with van der Waals surface area (Å²) in [4.78, 5) is 1.99. The van der Waals surface area contributed by atoms with E-state index >= 15 is 0 Å². The molecule has 0 aliphatic heterocycles. The fourth-order valence-electron chi connectivity index (χ4n) is 1.38. The number of hydrogen-bond donors (Lipinski definition) is 1. The van der Waals surface area contributed by atoms with Crippen LogP contribution in [0.25, 0.3) is 0 Å². The van der Waals surface area contributed by atoms with Crippen LogP contribution in [0.1, 0.15) is 31.3 Å². The smallest absolute Gasteiger partial charge is 0.169 e. The van der Waals surface area contributed by atoms with Gasteiger partial charge in [-0.25, -0.2) is 0 Å². The van der Waals surface area contributed by atoms with Crippen molar-refractivity contribution >= 4 is 17.3 Å². The molecule has 16 heavy (non-hydrogen) atoms. The fourth-order valence-corrected chi connectivity index (χ4v) is 1.55. The van der Waals surface area contributed by atoms with Crippen molar-refractivity contribution < 1.29 is 4.42 Å². The Kier molecular flexibility index (Phi) is 5.32. The highest BCUT2D eigenvalue weighted by molar-refractivity contribution is 7.80. The Morgan fingerprint density at radius 3 is 2.81 bits per heavy atom. The first kappa shape index (κ1) is 13.0. The third-order valence-electron chi connectivity index (χ3n) is 2.34. The molecule has 1 rings (SSSR count). The van der Waals surface area contributed by atoms with Crippen LogP contribution in [-0.4, -0.2) is 23.6 Å². The molecule has 1 heterocycles. The monoisotopic (exact) mass is 240 g/mol. The van der Waals surface area contributed by atoms with Crippen molar-refractivity contribution in [2.45, 2.75) is 33.2 Å². The average Bonchev–Trinajstić information content (AvgIpc) is 2.64. The first-order valence-electron chi connectivity index (χ1n) is 5.67. The maximum atomic E-state index is 5.50. The second-order valence-electron chi connectivity index (χ2n) is 3.95. The Balaban J connectivity index is 2.34. The molecule has 0 unspecified atom stereocenters. The highest BCUT2D eigenvalue weighted by Gasteiger charge is 2.06. The molecule has 0 aliphatic carbocycles. The average molecular weight is 240 g/mol. The summed E-state index contributed by atoms with van der Waals surface area (Å²) in [5, 5.41) is 4.01. The van der Waals surface area contributed by atoms with E-state index in [1.807, 2.05) is 31.0 Å². The number of unbranched alkanes of at least 4 members (excludes halogenated alkanes) is 1. The number of thiocarbonyl (C=S) groups is 1. The van der Waals surface area contributed by atoms with E-state index in [2.05, 4.69) is 12.2 Å². The lowest BCUT2D eigenvalue weighted by Crippen LogP contribution is -2.36. The van der Waals surface area contributed by atoms with Crippen LogP contribution in [0.15, 0.2) is 16.5 Å². The van der Waals surface area contributed by atoms with Crippen LogP contribution in [0.3, 0.4) is 0 Å². The quantitative estimate of drug-likeness (QED) is 0.633. The fraction of sp³-hybridized carbons (Fsp3) is 0.583. The molecule has 0 spiro atoms. The van der Waals surface area contributed by atoms with Gasteiger partial charge in [-0.15, -0.1) is 0 Å². The molecule has 4 heteroatoms. The second kappa shape index (κ2) is 6.53. The third-order valence-corrected chi connectivity index (χ3v) is 2.80. The van der Waals surface area contributed by atoms with Crippen LogP contribution < -0.4 is 5.32 Å². The number of hydrogen-bond acceptors (Lipinski definition) is 2. The highest BCUT2D eigenvalue weighted by Crippen LogP contribution is 2.08. The Bertz CT molecular complexity index is 336. The molecule has 0 radical (unpaired) electrons. The van der Waals surface area contributed by atoms with Crippen LogP contribution in [0.2, 0.25) is 0 Å². The van der Waals surface area contributed by atoms with E-state index < -0.39 is 0 Å². The van der Waals surface area contributed by atoms with Gasteiger partial charge in [-0.1, -0.05) is 13.3 Å². The lowest BCUT2D eigenvalue weighted by molar-refractivity contribution is 0.396. The van der Waals surface area contributed by atoms with Crippen molar-refractivity contribution in [3.05, 3.63) is 23.7 Å². The lowest BCUT2D eigenvalue weighted by atomic mass is 10.3. The standard InChI is InChI=1S/C12H20N2OS/c1-4-5-8-13-12(16)14(3)9-11-7-6-10(2)15-11/h6-7H,4-5,8-9H2,1-3H3,(H,13,16). The zero-order chi connectivity index (χ0) is 12.0. The van der Waals surface area contributed by atoms with Crippen LogP contribution in [0, 0.1) is 6.92 Å². The van der Waals surface area contributed by atoms with E-state index in [1.54, 1.807) is 0 Å². The summed E-state index contributed by atoms with van der Waals surface area (Å²) < 4.78 is 5.50. The van der Waals surface area contributed by atoms with Gasteiger partial charge in [-0.05, 0) is 37.7 Å². The largest absolute Gasteiger partial charge is 0.464 e. The summed E-state index contributed by atoms with van der Waals surface area (Å²) in [6.45, 7) is 5.77. The molecule has 0 atom stereocenters. The van der Waals surface area contributed by atoms with Crippen molar-refractivity contribution in [3.63, 3.8) is 0 Å². The molecule has 1 aromatic heterocycles. The van der Waals surface area contributed by atoms with Gasteiger partial charge >= 0.3 is 0 Å². The minimum absolute atomic E-state index is 0.714. The predicted molar refractivity (Wildman–Crippen MR) is 70.4 cm³/mol. The molecular formula is C12H20N2OS. The van der Waals surface area contributed by atoms with Crippen molar-refractivity contribution in [1.82, 2.24) is 10.2 Å². The third kappa shape index (κ3) is 4.23. The minimum atomic E-state index is 0.714. The first-order chi connectivity index (χ1) is 7.63. The van der Waals surface area contributed by atoms with E-state index in [9.17, 15) is 0 Å². The van der Waals surface area contributed by atoms with Gasteiger partial charge in [-0.3, -0.25) is 0 Å². The second-order valence-corrected chi connectivity index (χ2v) is 4.34. The van der Waals surface area contributed by atoms with Gasteiger partial charge in [0.25, 0.3) is 0 Å². The van der Waals surface area contributed by atoms with Crippen LogP contribution in [0.4, 0.5) is 0 Å². The molecule has 1 N–H and O–H groups in total. The Hall–Kier alpha value is -1.03. The molecular weight excluding hydrogens is 220 g/mol. The van der Waals surface area contributed by atoms with Gasteiger partial charge in [0.2, 0.25) is 0 Å². The summed E-state index contributed by atoms with van der Waals surface area (Å²) in [5.74, 6) is 1.88. The molecule has 0 amide bonds. The van der Waals surface area contributed by atoms with Crippen LogP contribution >= 0.6 is 12.2 Å². The van der Waals surface area contributed by atoms with Crippen molar-refractivity contribution in [2.24, 2.45) is 0 Å². The normalized spacial score (nSPS) is 10.2. The Labute approximate surface area is 103 Å². The number of rotatable bonds is 5. The van der Waals surface area contributed by atoms with Crippen molar-refractivity contribution in [2.75, 3.05) is 13.6 Å². The SMILES string of the molecule is CCCCNC(=S)N(C)Cc1ccc(C)o1. The van der Waals surface area contributed by atoms with Crippen molar-refractivity contribution in [1.29, 1.82) is 0 Å². The van der Waals surface area contributed by atoms with Gasteiger partial charge in [0.1, 0.15) is 11.5 Å². The topological polar surface area (TPSA) is 28.4 Å². The Morgan fingerprint density at radius 1 is 1.50 bits per heavy atom. The maximum Gasteiger partial charge on any atom is 0.169 e. The zero-order valence-electron chi connectivity index (χ0n) is 10.2. The van der Waals surface area contributed by atoms with Gasteiger partial charge in [0.15, 0.2) is 5.11 Å². The molecule has 0 aliphatic rings. The first-order valence-corrected chi connectivity index (χ1v) is 6.08. The molecule has 3 nitrogen and oxygen atoms in total. The summed E-state index contributed by atoms with van der Waals surface area (Å²) >= 11 is 5.27. The van der Waals surface area contributed by atoms with Gasteiger partial charge in [0.05, 0.1) is 6.54 Å². The van der Waals surface area contributed by atoms with E-state index in [4.69, 9.17) is 16.6 Å². The molecule has 0 aromatic carbocycles. The summed E-state index contributed by atoms with van der Waals surface area (Å²) in [7, 11) is 1.97. The van der Waals surface area contributed by atoms with Gasteiger partial charge < -0.3 is 14.6 Å². The number of nitrogens with one attached hydrogen (secondary N) is 1. The van der Waals surface area contributed by atoms with Gasteiger partial charge in [0, 0.05) is 13.6 Å². The number of furan rings is 1. The molecule has 1 aromatic rings. The minimum Gasteiger partial charge on any atom is -0.464 e. The maximum absolute atomic E-state index is 5.50. The van der Waals surface area contributed by atoms with E-state index in [1.165, 1.54) is 6.42 Å². The molecule has 0 fully saturated rings. The van der Waals surface area contributed by atoms with E-state index in [-0.39, 0.29) is 0 Å². The van der Waals surface area contributed by atoms with Crippen molar-refractivity contribution in [3.8, 4) is 0 Å². The van der Waals surface area contributed by atoms with Crippen LogP contribution in [-0.2, 0) is 6.54 Å². The summed E-state index contributed by atoms with van der Waals surface area (Å²) in [5.41, 5.74) is 0. The van der Waals surface area contributed by atoms with Crippen LogP contribution in [0.5, 0.6) is 0 Å². The molecule has 0 saturated heterocycles. The number of nitrogens with zero attached hydrogens (tertiary/aromatic N) is 1. The van der Waals surface area contributed by atoms with E-state index in [0.717, 1.165) is 29.6 Å². The predicted octanol–water partition coefficient (Wildman–Crippen LogP) is 2.69. The van der Waals surface area contributed by atoms with E-state index in [0.29, 0.717) is 6.54 Å². The van der Waals surface area contributed by atoms with Gasteiger partial charge in [-0.2, -0.15) is 0 Å². The molecule has 0 bridgehead atoms. The Morgan fingerprint density at radius 2 is 2.25 bits per heavy atom. The molecule has 90 valence electrons.